The molecule has 0 saturated carbocycles. The minimum Gasteiger partial charge on any atom is -0.458 e. The Balaban J connectivity index is 1.34. The molecule has 1 aromatic rings. The summed E-state index contributed by atoms with van der Waals surface area (Å²) in [5.41, 5.74) is 0.562. The third-order valence-electron chi connectivity index (χ3n) is 7.18. The van der Waals surface area contributed by atoms with E-state index in [2.05, 4.69) is 9.80 Å². The lowest BCUT2D eigenvalue weighted by atomic mass is 9.68. The Morgan fingerprint density at radius 2 is 1.85 bits per heavy atom. The summed E-state index contributed by atoms with van der Waals surface area (Å²) in [6.07, 6.45) is 5.78. The van der Waals surface area contributed by atoms with Gasteiger partial charge in [0.25, 0.3) is 0 Å². The summed E-state index contributed by atoms with van der Waals surface area (Å²) < 4.78 is 5.77. The summed E-state index contributed by atoms with van der Waals surface area (Å²) in [5, 5.41) is 0. The molecule has 4 fully saturated rings. The van der Waals surface area contributed by atoms with Gasteiger partial charge in [0.1, 0.15) is 6.10 Å². The molecule has 0 aromatic heterocycles. The van der Waals surface area contributed by atoms with Crippen LogP contribution in [0.5, 0.6) is 0 Å². The second-order valence-corrected chi connectivity index (χ2v) is 8.68. The van der Waals surface area contributed by atoms with Gasteiger partial charge in [-0.3, -0.25) is 9.69 Å². The van der Waals surface area contributed by atoms with Crippen molar-refractivity contribution in [2.45, 2.75) is 56.7 Å². The van der Waals surface area contributed by atoms with Crippen LogP contribution in [-0.4, -0.2) is 59.5 Å². The minimum absolute atomic E-state index is 0.179. The zero-order valence-electron chi connectivity index (χ0n) is 15.8. The number of ether oxygens (including phenoxy) is 1. The quantitative estimate of drug-likeness (QED) is 0.753. The van der Waals surface area contributed by atoms with Gasteiger partial charge in [-0.25, -0.2) is 4.79 Å². The summed E-state index contributed by atoms with van der Waals surface area (Å²) in [4.78, 5) is 30.2. The average Bonchev–Trinajstić information content (AvgIpc) is 2.70. The van der Waals surface area contributed by atoms with E-state index in [1.165, 1.54) is 38.8 Å². The van der Waals surface area contributed by atoms with Gasteiger partial charge in [-0.1, -0.05) is 18.2 Å². The van der Waals surface area contributed by atoms with Crippen molar-refractivity contribution in [3.63, 3.8) is 0 Å². The number of benzene rings is 1. The highest BCUT2D eigenvalue weighted by atomic mass is 16.5. The highest BCUT2D eigenvalue weighted by molar-refractivity contribution is 5.89. The number of carbonyl (C=O) groups is 2. The third-order valence-corrected chi connectivity index (χ3v) is 7.18. The molecule has 4 heterocycles. The van der Waals surface area contributed by atoms with Gasteiger partial charge in [0.05, 0.1) is 12.0 Å². The van der Waals surface area contributed by atoms with Crippen molar-refractivity contribution in [3.8, 4) is 0 Å². The summed E-state index contributed by atoms with van der Waals surface area (Å²) >= 11 is 0. The second kappa shape index (κ2) is 6.93. The first kappa shape index (κ1) is 17.2. The first-order chi connectivity index (χ1) is 13.2. The number of piperidine rings is 4. The van der Waals surface area contributed by atoms with Gasteiger partial charge in [0.2, 0.25) is 5.91 Å². The van der Waals surface area contributed by atoms with Gasteiger partial charge in [-0.05, 0) is 62.7 Å². The smallest absolute Gasteiger partial charge is 0.338 e. The zero-order chi connectivity index (χ0) is 18.4. The highest BCUT2D eigenvalue weighted by Crippen LogP contribution is 2.45. The molecule has 1 amide bonds. The first-order valence-corrected chi connectivity index (χ1v) is 10.5. The monoisotopic (exact) mass is 368 g/mol. The number of amides is 1. The SMILES string of the molecule is O=C(OC1CC(=O)N2CC3CCCN4CCCC(C34)C2C1)c1ccccc1. The van der Waals surface area contributed by atoms with Crippen LogP contribution >= 0.6 is 0 Å². The van der Waals surface area contributed by atoms with Gasteiger partial charge >= 0.3 is 5.97 Å². The van der Waals surface area contributed by atoms with E-state index in [0.717, 1.165) is 13.0 Å². The lowest BCUT2D eigenvalue weighted by molar-refractivity contribution is -0.157. The Hall–Kier alpha value is -1.88. The zero-order valence-corrected chi connectivity index (χ0v) is 15.8. The third kappa shape index (κ3) is 3.06. The Labute approximate surface area is 160 Å². The van der Waals surface area contributed by atoms with E-state index in [4.69, 9.17) is 4.74 Å². The van der Waals surface area contributed by atoms with Gasteiger partial charge < -0.3 is 9.64 Å². The molecular weight excluding hydrogens is 340 g/mol. The molecule has 5 heteroatoms. The molecule has 1 aromatic carbocycles. The molecule has 4 saturated heterocycles. The Morgan fingerprint density at radius 1 is 1.07 bits per heavy atom. The van der Waals surface area contributed by atoms with Crippen molar-refractivity contribution < 1.29 is 14.3 Å². The topological polar surface area (TPSA) is 49.9 Å². The molecule has 5 nitrogen and oxygen atoms in total. The minimum atomic E-state index is -0.307. The van der Waals surface area contributed by atoms with Gasteiger partial charge in [0.15, 0.2) is 0 Å². The van der Waals surface area contributed by atoms with Crippen molar-refractivity contribution in [3.05, 3.63) is 35.9 Å². The van der Waals surface area contributed by atoms with Crippen LogP contribution in [-0.2, 0) is 9.53 Å². The standard InChI is InChI=1S/C22H28N2O3/c25-20-13-17(27-22(26)15-6-2-1-3-7-15)12-19-18-9-5-11-23-10-4-8-16(21(18)23)14-24(19)20/h1-3,6-7,16-19,21H,4-5,8-14H2. The molecule has 27 heavy (non-hydrogen) atoms. The number of esters is 1. The normalized spacial score (nSPS) is 35.9. The van der Waals surface area contributed by atoms with Crippen LogP contribution in [0.2, 0.25) is 0 Å². The molecular formula is C22H28N2O3. The maximum Gasteiger partial charge on any atom is 0.338 e. The first-order valence-electron chi connectivity index (χ1n) is 10.5. The van der Waals surface area contributed by atoms with Crippen LogP contribution in [0.4, 0.5) is 0 Å². The molecule has 4 aliphatic heterocycles. The number of hydrogen-bond donors (Lipinski definition) is 0. The van der Waals surface area contributed by atoms with Crippen LogP contribution in [0.25, 0.3) is 0 Å². The fourth-order valence-electron chi connectivity index (χ4n) is 6.13. The molecule has 0 N–H and O–H groups in total. The Kier molecular flexibility index (Phi) is 4.43. The Bertz CT molecular complexity index is 720. The van der Waals surface area contributed by atoms with Gasteiger partial charge in [-0.15, -0.1) is 0 Å². The van der Waals surface area contributed by atoms with E-state index in [9.17, 15) is 9.59 Å². The van der Waals surface area contributed by atoms with Crippen LogP contribution in [0, 0.1) is 11.8 Å². The van der Waals surface area contributed by atoms with Crippen molar-refractivity contribution >= 4 is 11.9 Å². The number of nitrogens with zero attached hydrogens (tertiary/aromatic N) is 2. The van der Waals surface area contributed by atoms with E-state index in [0.29, 0.717) is 29.9 Å². The number of carbonyl (C=O) groups excluding carboxylic acids is 2. The molecule has 5 unspecified atom stereocenters. The summed E-state index contributed by atoms with van der Waals surface area (Å²) in [6, 6.07) is 9.97. The van der Waals surface area contributed by atoms with E-state index in [1.807, 2.05) is 18.2 Å². The number of rotatable bonds is 2. The van der Waals surface area contributed by atoms with Crippen LogP contribution in [0.15, 0.2) is 30.3 Å². The summed E-state index contributed by atoms with van der Waals surface area (Å²) in [5.74, 6) is 1.05. The lowest BCUT2D eigenvalue weighted by Gasteiger charge is -2.59. The van der Waals surface area contributed by atoms with Crippen LogP contribution in [0.1, 0.15) is 48.9 Å². The Morgan fingerprint density at radius 3 is 2.67 bits per heavy atom. The lowest BCUT2D eigenvalue weighted by Crippen LogP contribution is -2.67. The summed E-state index contributed by atoms with van der Waals surface area (Å²) in [7, 11) is 0. The van der Waals surface area contributed by atoms with E-state index in [1.54, 1.807) is 12.1 Å². The molecule has 0 bridgehead atoms. The molecule has 0 spiro atoms. The van der Waals surface area contributed by atoms with Crippen molar-refractivity contribution in [2.24, 2.45) is 11.8 Å². The maximum atomic E-state index is 12.9. The molecule has 144 valence electrons. The van der Waals surface area contributed by atoms with Gasteiger partial charge in [-0.2, -0.15) is 0 Å². The highest BCUT2D eigenvalue weighted by Gasteiger charge is 2.52. The fourth-order valence-corrected chi connectivity index (χ4v) is 6.13. The predicted octanol–water partition coefficient (Wildman–Crippen LogP) is 2.71. The van der Waals surface area contributed by atoms with Crippen molar-refractivity contribution in [1.82, 2.24) is 9.80 Å². The molecule has 0 radical (unpaired) electrons. The predicted molar refractivity (Wildman–Crippen MR) is 101 cm³/mol. The van der Waals surface area contributed by atoms with E-state index in [-0.39, 0.29) is 24.0 Å². The van der Waals surface area contributed by atoms with Crippen LogP contribution in [0.3, 0.4) is 0 Å². The molecule has 0 aliphatic carbocycles. The molecule has 5 atom stereocenters. The fraction of sp³-hybridized carbons (Fsp3) is 0.636. The van der Waals surface area contributed by atoms with Crippen LogP contribution < -0.4 is 0 Å². The average molecular weight is 368 g/mol. The number of fused-ring (bicyclic) bond motifs is 2. The second-order valence-electron chi connectivity index (χ2n) is 8.68. The molecule has 5 rings (SSSR count). The van der Waals surface area contributed by atoms with Crippen molar-refractivity contribution in [1.29, 1.82) is 0 Å². The maximum absolute atomic E-state index is 12.9. The summed E-state index contributed by atoms with van der Waals surface area (Å²) in [6.45, 7) is 3.33. The largest absolute Gasteiger partial charge is 0.458 e. The van der Waals surface area contributed by atoms with Gasteiger partial charge in [0, 0.05) is 25.0 Å². The van der Waals surface area contributed by atoms with E-state index >= 15 is 0 Å². The molecule has 4 aliphatic rings. The van der Waals surface area contributed by atoms with E-state index < -0.39 is 0 Å². The number of hydrogen-bond acceptors (Lipinski definition) is 4. The van der Waals surface area contributed by atoms with Crippen molar-refractivity contribution in [2.75, 3.05) is 19.6 Å².